The van der Waals surface area contributed by atoms with Crippen molar-refractivity contribution in [1.29, 1.82) is 0 Å². The smallest absolute Gasteiger partial charge is 0.113 e. The number of nitrogens with zero attached hydrogens (tertiary/aromatic N) is 1. The van der Waals surface area contributed by atoms with Gasteiger partial charge in [-0.15, -0.1) is 0 Å². The molecule has 0 atom stereocenters. The highest BCUT2D eigenvalue weighted by atomic mass is 15.1. The zero-order valence-corrected chi connectivity index (χ0v) is 22.0. The first kappa shape index (κ1) is 24.0. The fraction of sp³-hybridized carbons (Fsp3) is 0. The maximum atomic E-state index is 6.05. The van der Waals surface area contributed by atoms with Crippen LogP contribution in [0.25, 0.3) is 43.8 Å². The first-order valence-corrected chi connectivity index (χ1v) is 13.6. The van der Waals surface area contributed by atoms with E-state index < -0.39 is 0 Å². The fourth-order valence-corrected chi connectivity index (χ4v) is 5.60. The Morgan fingerprint density at radius 3 is 1.18 bits per heavy atom. The van der Waals surface area contributed by atoms with Crippen LogP contribution in [0.4, 0.5) is 17.1 Å². The second kappa shape index (κ2) is 10.2. The Kier molecular flexibility index (Phi) is 6.14. The molecule has 0 spiro atoms. The Morgan fingerprint density at radius 2 is 0.725 bits per heavy atom. The molecule has 0 aliphatic rings. The summed E-state index contributed by atoms with van der Waals surface area (Å²) in [4.78, 5) is 2.28. The first-order chi connectivity index (χ1) is 19.7. The monoisotopic (exact) mass is 507 g/mol. The summed E-state index contributed by atoms with van der Waals surface area (Å²) < 4.78 is 0. The predicted molar refractivity (Wildman–Crippen MR) is 172 cm³/mol. The molecule has 0 aromatic heterocycles. The summed E-state index contributed by atoms with van der Waals surface area (Å²) >= 11 is 0. The molecule has 7 aromatic rings. The van der Waals surface area contributed by atoms with E-state index in [0.29, 0.717) is 0 Å². The molecule has 2 radical (unpaired) electrons. The molecule has 0 bridgehead atoms. The first-order valence-electron chi connectivity index (χ1n) is 13.6. The largest absolute Gasteiger partial charge is 0.311 e. The number of benzene rings is 7. The van der Waals surface area contributed by atoms with Crippen molar-refractivity contribution in [2.75, 3.05) is 4.90 Å². The van der Waals surface area contributed by atoms with Crippen LogP contribution in [0.2, 0.25) is 0 Å². The normalized spacial score (nSPS) is 11.1. The van der Waals surface area contributed by atoms with Gasteiger partial charge in [-0.3, -0.25) is 0 Å². The molecular weight excluding hydrogens is 481 g/mol. The van der Waals surface area contributed by atoms with Crippen molar-refractivity contribution in [2.45, 2.75) is 0 Å². The Hall–Kier alpha value is -5.08. The number of hydrogen-bond acceptors (Lipinski definition) is 1. The summed E-state index contributed by atoms with van der Waals surface area (Å²) in [5, 5.41) is 5.02. The Bertz CT molecular complexity index is 1810. The third kappa shape index (κ3) is 4.44. The van der Waals surface area contributed by atoms with Crippen molar-refractivity contribution in [2.24, 2.45) is 0 Å². The van der Waals surface area contributed by atoms with Crippen molar-refractivity contribution >= 4 is 51.9 Å². The molecule has 0 heterocycles. The van der Waals surface area contributed by atoms with Crippen LogP contribution in [0, 0.1) is 0 Å². The van der Waals surface area contributed by atoms with Gasteiger partial charge in [-0.05, 0) is 80.2 Å². The lowest BCUT2D eigenvalue weighted by Gasteiger charge is -2.26. The van der Waals surface area contributed by atoms with Gasteiger partial charge in [0, 0.05) is 17.1 Å². The molecule has 2 heteroatoms. The molecule has 7 rings (SSSR count). The average molecular weight is 507 g/mol. The van der Waals surface area contributed by atoms with E-state index in [1.807, 2.05) is 12.1 Å². The molecule has 1 nitrogen and oxygen atoms in total. The van der Waals surface area contributed by atoms with Crippen LogP contribution >= 0.6 is 0 Å². The molecule has 0 aliphatic heterocycles. The van der Waals surface area contributed by atoms with Crippen LogP contribution in [0.15, 0.2) is 158 Å². The molecule has 0 saturated carbocycles. The van der Waals surface area contributed by atoms with Gasteiger partial charge in [-0.1, -0.05) is 127 Å². The van der Waals surface area contributed by atoms with Crippen molar-refractivity contribution in [3.8, 4) is 22.3 Å². The van der Waals surface area contributed by atoms with E-state index in [4.69, 9.17) is 7.85 Å². The van der Waals surface area contributed by atoms with Gasteiger partial charge in [-0.25, -0.2) is 0 Å². The number of hydrogen-bond donors (Lipinski definition) is 0. The maximum Gasteiger partial charge on any atom is 0.113 e. The maximum absolute atomic E-state index is 6.05. The molecule has 186 valence electrons. The quantitative estimate of drug-likeness (QED) is 0.210. The number of fused-ring (bicyclic) bond motifs is 2. The van der Waals surface area contributed by atoms with E-state index in [1.165, 1.54) is 43.8 Å². The standard InChI is InChI=1S/C38H26BN/c39-31-19-25-34(26-20-31)40(32-21-15-29(16-22-32)37-13-5-9-27-7-1-3-11-35(27)37)33-23-17-30(18-24-33)38-14-6-10-28-8-2-4-12-36(28)38/h1-26H. The Labute approximate surface area is 236 Å². The van der Waals surface area contributed by atoms with Crippen LogP contribution in [0.1, 0.15) is 0 Å². The average Bonchev–Trinajstić information content (AvgIpc) is 3.02. The van der Waals surface area contributed by atoms with Crippen LogP contribution in [0.5, 0.6) is 0 Å². The van der Waals surface area contributed by atoms with Crippen LogP contribution in [-0.2, 0) is 0 Å². The number of anilines is 3. The molecule has 0 fully saturated rings. The van der Waals surface area contributed by atoms with E-state index in [1.54, 1.807) is 0 Å². The van der Waals surface area contributed by atoms with E-state index in [-0.39, 0.29) is 0 Å². The lowest BCUT2D eigenvalue weighted by atomic mass is 9.95. The van der Waals surface area contributed by atoms with Gasteiger partial charge < -0.3 is 4.90 Å². The molecule has 7 aromatic carbocycles. The SMILES string of the molecule is [B]c1ccc(N(c2ccc(-c3cccc4ccccc34)cc2)c2ccc(-c3cccc4ccccc34)cc2)cc1. The molecule has 0 saturated heterocycles. The van der Waals surface area contributed by atoms with Gasteiger partial charge in [0.15, 0.2) is 0 Å². The topological polar surface area (TPSA) is 3.24 Å². The summed E-state index contributed by atoms with van der Waals surface area (Å²) in [5.41, 5.74) is 8.86. The van der Waals surface area contributed by atoms with Gasteiger partial charge in [-0.2, -0.15) is 0 Å². The molecule has 0 amide bonds. The Balaban J connectivity index is 1.29. The van der Waals surface area contributed by atoms with Crippen molar-refractivity contribution < 1.29 is 0 Å². The van der Waals surface area contributed by atoms with E-state index in [0.717, 1.165) is 22.5 Å². The van der Waals surface area contributed by atoms with Crippen molar-refractivity contribution in [3.63, 3.8) is 0 Å². The number of rotatable bonds is 5. The summed E-state index contributed by atoms with van der Waals surface area (Å²) in [7, 11) is 6.05. The van der Waals surface area contributed by atoms with Gasteiger partial charge >= 0.3 is 0 Å². The van der Waals surface area contributed by atoms with Crippen LogP contribution in [-0.4, -0.2) is 7.85 Å². The van der Waals surface area contributed by atoms with E-state index in [2.05, 4.69) is 150 Å². The van der Waals surface area contributed by atoms with Gasteiger partial charge in [0.2, 0.25) is 0 Å². The molecule has 0 aliphatic carbocycles. The minimum atomic E-state index is 0.751. The highest BCUT2D eigenvalue weighted by molar-refractivity contribution is 6.32. The fourth-order valence-electron chi connectivity index (χ4n) is 5.60. The summed E-state index contributed by atoms with van der Waals surface area (Å²) in [6.45, 7) is 0. The Morgan fingerprint density at radius 1 is 0.350 bits per heavy atom. The molecule has 0 unspecified atom stereocenters. The molecule has 0 N–H and O–H groups in total. The lowest BCUT2D eigenvalue weighted by molar-refractivity contribution is 1.29. The minimum Gasteiger partial charge on any atom is -0.311 e. The molecular formula is C38H26BN. The van der Waals surface area contributed by atoms with Gasteiger partial charge in [0.25, 0.3) is 0 Å². The second-order valence-electron chi connectivity index (χ2n) is 10.1. The second-order valence-corrected chi connectivity index (χ2v) is 10.1. The summed E-state index contributed by atoms with van der Waals surface area (Å²) in [6, 6.07) is 55.8. The van der Waals surface area contributed by atoms with Crippen LogP contribution in [0.3, 0.4) is 0 Å². The lowest BCUT2D eigenvalue weighted by Crippen LogP contribution is -2.11. The van der Waals surface area contributed by atoms with Gasteiger partial charge in [0.05, 0.1) is 0 Å². The minimum absolute atomic E-state index is 0.751. The third-order valence-electron chi connectivity index (χ3n) is 7.60. The summed E-state index contributed by atoms with van der Waals surface area (Å²) in [5.74, 6) is 0. The zero-order valence-electron chi connectivity index (χ0n) is 22.0. The summed E-state index contributed by atoms with van der Waals surface area (Å²) in [6.07, 6.45) is 0. The van der Waals surface area contributed by atoms with Gasteiger partial charge in [0.1, 0.15) is 7.85 Å². The molecule has 40 heavy (non-hydrogen) atoms. The van der Waals surface area contributed by atoms with E-state index >= 15 is 0 Å². The zero-order chi connectivity index (χ0) is 26.9. The predicted octanol–water partition coefficient (Wildman–Crippen LogP) is 9.59. The van der Waals surface area contributed by atoms with Crippen molar-refractivity contribution in [3.05, 3.63) is 158 Å². The van der Waals surface area contributed by atoms with E-state index in [9.17, 15) is 0 Å². The van der Waals surface area contributed by atoms with Crippen molar-refractivity contribution in [1.82, 2.24) is 0 Å². The van der Waals surface area contributed by atoms with Crippen LogP contribution < -0.4 is 10.4 Å². The highest BCUT2D eigenvalue weighted by Crippen LogP contribution is 2.38. The third-order valence-corrected chi connectivity index (χ3v) is 7.60. The highest BCUT2D eigenvalue weighted by Gasteiger charge is 2.14.